The molecule has 1 N–H and O–H groups in total. The highest BCUT2D eigenvalue weighted by molar-refractivity contribution is 7.99. The molecule has 1 amide bonds. The number of benzene rings is 1. The zero-order valence-electron chi connectivity index (χ0n) is 17.3. The first-order chi connectivity index (χ1) is 15.0. The van der Waals surface area contributed by atoms with Crippen molar-refractivity contribution < 1.29 is 9.18 Å². The van der Waals surface area contributed by atoms with E-state index >= 15 is 0 Å². The molecule has 1 aromatic carbocycles. The first kappa shape index (κ1) is 21.1. The van der Waals surface area contributed by atoms with Gasteiger partial charge in [0.2, 0.25) is 11.1 Å². The Kier molecular flexibility index (Phi) is 6.04. The molecule has 1 aliphatic rings. The Morgan fingerprint density at radius 3 is 2.84 bits per heavy atom. The van der Waals surface area contributed by atoms with Crippen molar-refractivity contribution in [2.24, 2.45) is 0 Å². The zero-order valence-corrected chi connectivity index (χ0v) is 18.1. The van der Waals surface area contributed by atoms with E-state index in [1.807, 2.05) is 13.8 Å². The molecule has 160 valence electrons. The molecule has 0 spiro atoms. The monoisotopic (exact) mass is 439 g/mol. The zero-order chi connectivity index (χ0) is 22.0. The average Bonchev–Trinajstić information content (AvgIpc) is 3.48. The van der Waals surface area contributed by atoms with Crippen LogP contribution in [0.4, 0.5) is 10.2 Å². The molecule has 1 fully saturated rings. The van der Waals surface area contributed by atoms with E-state index in [-0.39, 0.29) is 11.7 Å². The van der Waals surface area contributed by atoms with Crippen molar-refractivity contribution in [2.45, 2.75) is 50.7 Å². The quantitative estimate of drug-likeness (QED) is 0.584. The molecule has 10 heteroatoms. The summed E-state index contributed by atoms with van der Waals surface area (Å²) in [6.07, 6.45) is 4.38. The Bertz CT molecular complexity index is 1160. The predicted molar refractivity (Wildman–Crippen MR) is 115 cm³/mol. The van der Waals surface area contributed by atoms with Gasteiger partial charge in [-0.05, 0) is 60.9 Å². The van der Waals surface area contributed by atoms with Gasteiger partial charge >= 0.3 is 0 Å². The molecule has 31 heavy (non-hydrogen) atoms. The third-order valence-corrected chi connectivity index (χ3v) is 6.56. The van der Waals surface area contributed by atoms with E-state index in [9.17, 15) is 14.4 Å². The third kappa shape index (κ3) is 4.18. The number of tetrazole rings is 1. The number of hydrogen-bond donors (Lipinski definition) is 1. The summed E-state index contributed by atoms with van der Waals surface area (Å²) in [7, 11) is 0. The summed E-state index contributed by atoms with van der Waals surface area (Å²) in [5.74, 6) is -0.0370. The summed E-state index contributed by atoms with van der Waals surface area (Å²) < 4.78 is 17.0. The van der Waals surface area contributed by atoms with E-state index < -0.39 is 5.82 Å². The molecular weight excluding hydrogens is 417 g/mol. The largest absolute Gasteiger partial charge is 0.327 e. The second-order valence-corrected chi connectivity index (χ2v) is 8.49. The van der Waals surface area contributed by atoms with Crippen LogP contribution in [0.2, 0.25) is 0 Å². The Labute approximate surface area is 183 Å². The van der Waals surface area contributed by atoms with Crippen LogP contribution in [0.1, 0.15) is 48.5 Å². The van der Waals surface area contributed by atoms with Gasteiger partial charge in [0.05, 0.1) is 17.0 Å². The van der Waals surface area contributed by atoms with E-state index in [1.165, 1.54) is 16.8 Å². The van der Waals surface area contributed by atoms with Crippen LogP contribution >= 0.6 is 11.8 Å². The molecule has 2 aromatic heterocycles. The van der Waals surface area contributed by atoms with Crippen LogP contribution in [0, 0.1) is 31.0 Å². The number of anilines is 1. The highest BCUT2D eigenvalue weighted by Gasteiger charge is 2.26. The van der Waals surface area contributed by atoms with Crippen LogP contribution in [-0.4, -0.2) is 36.4 Å². The lowest BCUT2D eigenvalue weighted by Gasteiger charge is -2.19. The van der Waals surface area contributed by atoms with Gasteiger partial charge in [-0.15, -0.1) is 5.10 Å². The lowest BCUT2D eigenvalue weighted by molar-refractivity contribution is -0.113. The summed E-state index contributed by atoms with van der Waals surface area (Å²) in [6, 6.07) is 8.45. The van der Waals surface area contributed by atoms with E-state index in [4.69, 9.17) is 0 Å². The van der Waals surface area contributed by atoms with Gasteiger partial charge in [0.1, 0.15) is 17.7 Å². The van der Waals surface area contributed by atoms with Crippen LogP contribution in [0.5, 0.6) is 0 Å². The molecule has 1 saturated carbocycles. The van der Waals surface area contributed by atoms with Crippen LogP contribution < -0.4 is 5.32 Å². The molecule has 4 rings (SSSR count). The number of rotatable bonds is 6. The third-order valence-electron chi connectivity index (χ3n) is 5.64. The number of carbonyl (C=O) groups is 1. The first-order valence-electron chi connectivity index (χ1n) is 10.1. The maximum atomic E-state index is 13.5. The van der Waals surface area contributed by atoms with Crippen LogP contribution in [0.3, 0.4) is 0 Å². The van der Waals surface area contributed by atoms with Gasteiger partial charge in [-0.3, -0.25) is 4.79 Å². The van der Waals surface area contributed by atoms with Gasteiger partial charge in [-0.2, -0.15) is 9.94 Å². The van der Waals surface area contributed by atoms with E-state index in [2.05, 4.69) is 31.5 Å². The number of halogens is 1. The smallest absolute Gasteiger partial charge is 0.235 e. The normalized spacial score (nSPS) is 14.0. The van der Waals surface area contributed by atoms with Crippen molar-refractivity contribution in [3.63, 3.8) is 0 Å². The van der Waals surface area contributed by atoms with Crippen molar-refractivity contribution in [1.29, 1.82) is 5.26 Å². The highest BCUT2D eigenvalue weighted by atomic mass is 32.2. The predicted octanol–water partition coefficient (Wildman–Crippen LogP) is 3.94. The van der Waals surface area contributed by atoms with Crippen molar-refractivity contribution >= 4 is 23.5 Å². The second kappa shape index (κ2) is 8.89. The first-order valence-corrected chi connectivity index (χ1v) is 11.1. The highest BCUT2D eigenvalue weighted by Crippen LogP contribution is 2.37. The van der Waals surface area contributed by atoms with E-state index in [0.717, 1.165) is 48.7 Å². The summed E-state index contributed by atoms with van der Waals surface area (Å²) in [6.45, 7) is 3.91. The fourth-order valence-electron chi connectivity index (χ4n) is 4.04. The van der Waals surface area contributed by atoms with E-state index in [1.54, 1.807) is 12.1 Å². The van der Waals surface area contributed by atoms with Crippen molar-refractivity contribution in [3.8, 4) is 11.8 Å². The number of nitriles is 1. The number of nitrogens with one attached hydrogen (secondary N) is 1. The molecule has 0 radical (unpaired) electrons. The minimum absolute atomic E-state index is 0.0501. The SMILES string of the molecule is Cc1c(C#N)c(NC(=O)CSc2nnnn2-c2cccc(F)c2)n(C2CCCC2)c1C. The Balaban J connectivity index is 1.52. The molecular formula is C21H22FN7OS. The van der Waals surface area contributed by atoms with Crippen molar-refractivity contribution in [1.82, 2.24) is 24.8 Å². The van der Waals surface area contributed by atoms with Gasteiger partial charge in [0, 0.05) is 11.7 Å². The number of hydrogen-bond acceptors (Lipinski definition) is 6. The summed E-state index contributed by atoms with van der Waals surface area (Å²) in [5.41, 5.74) is 2.89. The average molecular weight is 440 g/mol. The molecule has 0 saturated heterocycles. The summed E-state index contributed by atoms with van der Waals surface area (Å²) in [4.78, 5) is 12.8. The molecule has 8 nitrogen and oxygen atoms in total. The minimum atomic E-state index is -0.399. The molecule has 0 bridgehead atoms. The fraction of sp³-hybridized carbons (Fsp3) is 0.381. The molecule has 0 aliphatic heterocycles. The second-order valence-electron chi connectivity index (χ2n) is 7.54. The van der Waals surface area contributed by atoms with Gasteiger partial charge in [-0.1, -0.05) is 30.7 Å². The topological polar surface area (TPSA) is 101 Å². The Morgan fingerprint density at radius 2 is 2.13 bits per heavy atom. The van der Waals surface area contributed by atoms with Crippen LogP contribution in [0.25, 0.3) is 5.69 Å². The number of amides is 1. The molecule has 0 atom stereocenters. The van der Waals surface area contributed by atoms with Crippen molar-refractivity contribution in [2.75, 3.05) is 11.1 Å². The maximum Gasteiger partial charge on any atom is 0.235 e. The van der Waals surface area contributed by atoms with Crippen LogP contribution in [0.15, 0.2) is 29.4 Å². The number of thioether (sulfide) groups is 1. The molecule has 0 unspecified atom stereocenters. The summed E-state index contributed by atoms with van der Waals surface area (Å²) >= 11 is 1.14. The maximum absolute atomic E-state index is 13.5. The molecule has 1 aliphatic carbocycles. The lowest BCUT2D eigenvalue weighted by Crippen LogP contribution is -2.20. The van der Waals surface area contributed by atoms with Gasteiger partial charge in [-0.25, -0.2) is 4.39 Å². The van der Waals surface area contributed by atoms with Gasteiger partial charge in [0.25, 0.3) is 0 Å². The lowest BCUT2D eigenvalue weighted by atomic mass is 10.2. The van der Waals surface area contributed by atoms with Crippen molar-refractivity contribution in [3.05, 3.63) is 46.9 Å². The summed E-state index contributed by atoms with van der Waals surface area (Å²) in [5, 5.41) is 24.5. The number of aromatic nitrogens is 5. The Hall–Kier alpha value is -3.19. The van der Waals surface area contributed by atoms with E-state index in [0.29, 0.717) is 28.3 Å². The molecule has 3 aromatic rings. The fourth-order valence-corrected chi connectivity index (χ4v) is 4.73. The molecule has 2 heterocycles. The van der Waals surface area contributed by atoms with Gasteiger partial charge in [0.15, 0.2) is 0 Å². The number of carbonyl (C=O) groups excluding carboxylic acids is 1. The van der Waals surface area contributed by atoms with Gasteiger partial charge < -0.3 is 9.88 Å². The Morgan fingerprint density at radius 1 is 1.35 bits per heavy atom. The number of nitrogens with zero attached hydrogens (tertiary/aromatic N) is 6. The standard InChI is InChI=1S/C21H22FN7OS/c1-13-14(2)28(16-7-3-4-8-16)20(18(13)11-23)24-19(30)12-31-21-25-26-27-29(21)17-9-5-6-15(22)10-17/h5-6,9-10,16H,3-4,7-8,12H2,1-2H3,(H,24,30). The van der Waals surface area contributed by atoms with Crippen LogP contribution in [-0.2, 0) is 4.79 Å². The minimum Gasteiger partial charge on any atom is -0.327 e.